The number of carboxylic acid groups (broad SMARTS) is 1. The predicted octanol–water partition coefficient (Wildman–Crippen LogP) is 1.86. The number of aromatic carboxylic acids is 1. The van der Waals surface area contributed by atoms with E-state index in [0.717, 1.165) is 11.0 Å². The highest BCUT2D eigenvalue weighted by Crippen LogP contribution is 2.31. The van der Waals surface area contributed by atoms with E-state index >= 15 is 0 Å². The first-order valence-electron chi connectivity index (χ1n) is 5.74. The summed E-state index contributed by atoms with van der Waals surface area (Å²) in [6.45, 7) is -0.308. The predicted molar refractivity (Wildman–Crippen MR) is 67.1 cm³/mol. The van der Waals surface area contributed by atoms with Crippen LogP contribution in [0.5, 0.6) is 0 Å². The van der Waals surface area contributed by atoms with Gasteiger partial charge in [-0.15, -0.1) is 0 Å². The lowest BCUT2D eigenvalue weighted by Crippen LogP contribution is -2.34. The monoisotopic (exact) mass is 306 g/mol. The molecule has 2 amide bonds. The molecule has 0 aliphatic rings. The number of nitrogens with zero attached hydrogens (tertiary/aromatic N) is 1. The van der Waals surface area contributed by atoms with Gasteiger partial charge < -0.3 is 20.4 Å². The molecule has 1 aromatic carbocycles. The third-order valence-electron chi connectivity index (χ3n) is 2.60. The highest BCUT2D eigenvalue weighted by molar-refractivity contribution is 6.00. The summed E-state index contributed by atoms with van der Waals surface area (Å²) in [5.74, 6) is -1.60. The molecule has 0 aliphatic carbocycles. The van der Waals surface area contributed by atoms with Crippen LogP contribution in [0.15, 0.2) is 18.2 Å². The lowest BCUT2D eigenvalue weighted by atomic mass is 10.1. The quantitative estimate of drug-likeness (QED) is 0.792. The molecule has 21 heavy (non-hydrogen) atoms. The normalized spacial score (nSPS) is 11.1. The molecular weight excluding hydrogens is 293 g/mol. The molecule has 0 atom stereocenters. The number of rotatable bonds is 4. The summed E-state index contributed by atoms with van der Waals surface area (Å²) < 4.78 is 37.6. The second-order valence-corrected chi connectivity index (χ2v) is 4.14. The zero-order valence-corrected chi connectivity index (χ0v) is 10.9. The molecule has 0 aromatic heterocycles. The van der Waals surface area contributed by atoms with Crippen LogP contribution in [0.2, 0.25) is 0 Å². The van der Waals surface area contributed by atoms with Crippen molar-refractivity contribution in [3.63, 3.8) is 0 Å². The van der Waals surface area contributed by atoms with E-state index in [4.69, 9.17) is 10.2 Å². The van der Waals surface area contributed by atoms with E-state index < -0.39 is 29.3 Å². The summed E-state index contributed by atoms with van der Waals surface area (Å²) >= 11 is 0. The molecule has 0 spiro atoms. The number of alkyl halides is 3. The Morgan fingerprint density at radius 2 is 1.95 bits per heavy atom. The molecule has 0 unspecified atom stereocenters. The summed E-state index contributed by atoms with van der Waals surface area (Å²) in [5.41, 5.74) is -2.05. The van der Waals surface area contributed by atoms with Gasteiger partial charge in [0, 0.05) is 13.6 Å². The van der Waals surface area contributed by atoms with Gasteiger partial charge in [-0.2, -0.15) is 13.2 Å². The van der Waals surface area contributed by atoms with E-state index in [-0.39, 0.29) is 18.8 Å². The molecule has 1 aromatic rings. The summed E-state index contributed by atoms with van der Waals surface area (Å²) in [4.78, 5) is 23.7. The topological polar surface area (TPSA) is 89.9 Å². The molecule has 6 nitrogen and oxygen atoms in total. The standard InChI is InChI=1S/C12H13F3N2O4/c1-17(4-5-18)11(21)16-9-3-2-7(12(13,14)15)6-8(9)10(19)20/h2-3,6,18H,4-5H2,1H3,(H,16,21)(H,19,20). The van der Waals surface area contributed by atoms with Crippen molar-refractivity contribution in [1.82, 2.24) is 4.90 Å². The van der Waals surface area contributed by atoms with Gasteiger partial charge in [0.15, 0.2) is 0 Å². The number of aliphatic hydroxyl groups is 1. The van der Waals surface area contributed by atoms with Gasteiger partial charge in [0.1, 0.15) is 0 Å². The Morgan fingerprint density at radius 3 is 2.43 bits per heavy atom. The van der Waals surface area contributed by atoms with Gasteiger partial charge in [-0.25, -0.2) is 9.59 Å². The SMILES string of the molecule is CN(CCO)C(=O)Nc1ccc(C(F)(F)F)cc1C(=O)O. The van der Waals surface area contributed by atoms with Crippen molar-refractivity contribution in [3.05, 3.63) is 29.3 Å². The Labute approximate surface area is 117 Å². The van der Waals surface area contributed by atoms with Crippen LogP contribution in [0, 0.1) is 0 Å². The fraction of sp³-hybridized carbons (Fsp3) is 0.333. The second kappa shape index (κ2) is 6.44. The third-order valence-corrected chi connectivity index (χ3v) is 2.60. The summed E-state index contributed by atoms with van der Waals surface area (Å²) in [6, 6.07) is 1.25. The first-order valence-corrected chi connectivity index (χ1v) is 5.74. The van der Waals surface area contributed by atoms with E-state index in [1.54, 1.807) is 0 Å². The second-order valence-electron chi connectivity index (χ2n) is 4.14. The number of carbonyl (C=O) groups excluding carboxylic acids is 1. The summed E-state index contributed by atoms with van der Waals surface area (Å²) in [6.07, 6.45) is -4.68. The number of carboxylic acids is 1. The van der Waals surface area contributed by atoms with Crippen LogP contribution in [-0.2, 0) is 6.18 Å². The van der Waals surface area contributed by atoms with Crippen molar-refractivity contribution in [2.45, 2.75) is 6.18 Å². The molecule has 0 fully saturated rings. The van der Waals surface area contributed by atoms with Gasteiger partial charge in [0.05, 0.1) is 23.4 Å². The van der Waals surface area contributed by atoms with Crippen molar-refractivity contribution >= 4 is 17.7 Å². The molecule has 1 rings (SSSR count). The lowest BCUT2D eigenvalue weighted by Gasteiger charge is -2.18. The van der Waals surface area contributed by atoms with Gasteiger partial charge >= 0.3 is 18.2 Å². The molecule has 3 N–H and O–H groups in total. The van der Waals surface area contributed by atoms with Gasteiger partial charge in [0.2, 0.25) is 0 Å². The number of hydrogen-bond donors (Lipinski definition) is 3. The van der Waals surface area contributed by atoms with Crippen molar-refractivity contribution in [2.24, 2.45) is 0 Å². The van der Waals surface area contributed by atoms with Gasteiger partial charge in [-0.3, -0.25) is 0 Å². The van der Waals surface area contributed by atoms with Gasteiger partial charge in [-0.05, 0) is 18.2 Å². The number of nitrogens with one attached hydrogen (secondary N) is 1. The Hall–Kier alpha value is -2.29. The van der Waals surface area contributed by atoms with Crippen molar-refractivity contribution in [1.29, 1.82) is 0 Å². The lowest BCUT2D eigenvalue weighted by molar-refractivity contribution is -0.137. The Bertz CT molecular complexity index is 546. The van der Waals surface area contributed by atoms with Gasteiger partial charge in [0.25, 0.3) is 0 Å². The Morgan fingerprint density at radius 1 is 1.33 bits per heavy atom. The molecule has 0 heterocycles. The minimum absolute atomic E-state index is 0.00509. The Balaban J connectivity index is 3.08. The fourth-order valence-corrected chi connectivity index (χ4v) is 1.47. The molecule has 0 radical (unpaired) electrons. The highest BCUT2D eigenvalue weighted by atomic mass is 19.4. The number of aliphatic hydroxyl groups excluding tert-OH is 1. The van der Waals surface area contributed by atoms with Crippen LogP contribution in [0.4, 0.5) is 23.7 Å². The average molecular weight is 306 g/mol. The van der Waals surface area contributed by atoms with E-state index in [2.05, 4.69) is 5.32 Å². The van der Waals surface area contributed by atoms with E-state index in [1.807, 2.05) is 0 Å². The number of halogens is 3. The van der Waals surface area contributed by atoms with Crippen LogP contribution in [-0.4, -0.2) is 47.3 Å². The van der Waals surface area contributed by atoms with Crippen LogP contribution >= 0.6 is 0 Å². The number of anilines is 1. The minimum Gasteiger partial charge on any atom is -0.478 e. The zero-order valence-electron chi connectivity index (χ0n) is 10.9. The van der Waals surface area contributed by atoms with Crippen LogP contribution < -0.4 is 5.32 Å². The molecule has 116 valence electrons. The average Bonchev–Trinajstić information content (AvgIpc) is 2.37. The molecule has 0 saturated heterocycles. The molecule has 9 heteroatoms. The summed E-state index contributed by atoms with van der Waals surface area (Å²) in [7, 11) is 1.34. The van der Waals surface area contributed by atoms with E-state index in [1.165, 1.54) is 7.05 Å². The van der Waals surface area contributed by atoms with E-state index in [9.17, 15) is 22.8 Å². The molecular formula is C12H13F3N2O4. The third kappa shape index (κ3) is 4.35. The summed E-state index contributed by atoms with van der Waals surface area (Å²) in [5, 5.41) is 19.8. The number of carbonyl (C=O) groups is 2. The first kappa shape index (κ1) is 16.8. The maximum absolute atomic E-state index is 12.5. The minimum atomic E-state index is -4.68. The molecule has 0 saturated carbocycles. The van der Waals surface area contributed by atoms with Crippen molar-refractivity contribution in [2.75, 3.05) is 25.5 Å². The zero-order chi connectivity index (χ0) is 16.2. The van der Waals surface area contributed by atoms with Crippen LogP contribution in [0.1, 0.15) is 15.9 Å². The number of benzene rings is 1. The number of amides is 2. The smallest absolute Gasteiger partial charge is 0.416 e. The maximum Gasteiger partial charge on any atom is 0.416 e. The number of hydrogen-bond acceptors (Lipinski definition) is 3. The maximum atomic E-state index is 12.5. The fourth-order valence-electron chi connectivity index (χ4n) is 1.47. The molecule has 0 bridgehead atoms. The largest absolute Gasteiger partial charge is 0.478 e. The van der Waals surface area contributed by atoms with Gasteiger partial charge in [-0.1, -0.05) is 0 Å². The Kier molecular flexibility index (Phi) is 5.14. The molecule has 0 aliphatic heterocycles. The first-order chi connectivity index (χ1) is 9.66. The van der Waals surface area contributed by atoms with Crippen LogP contribution in [0.3, 0.4) is 0 Å². The highest BCUT2D eigenvalue weighted by Gasteiger charge is 2.32. The van der Waals surface area contributed by atoms with Crippen LogP contribution in [0.25, 0.3) is 0 Å². The van der Waals surface area contributed by atoms with Crippen molar-refractivity contribution in [3.8, 4) is 0 Å². The van der Waals surface area contributed by atoms with E-state index in [0.29, 0.717) is 12.1 Å². The number of urea groups is 1. The number of likely N-dealkylation sites (N-methyl/N-ethyl adjacent to an activating group) is 1. The van der Waals surface area contributed by atoms with Crippen molar-refractivity contribution < 1.29 is 33.0 Å².